The molecule has 1 heterocycles. The van der Waals surface area contributed by atoms with Crippen LogP contribution < -0.4 is 9.62 Å². The molecule has 3 N–H and O–H groups in total. The van der Waals surface area contributed by atoms with Gasteiger partial charge in [-0.1, -0.05) is 41.7 Å². The number of para-hydroxylation sites is 1. The normalized spacial score (nSPS) is 11.7. The molecule has 0 aliphatic rings. The Morgan fingerprint density at radius 3 is 2.44 bits per heavy atom. The third-order valence-corrected chi connectivity index (χ3v) is 6.58. The van der Waals surface area contributed by atoms with E-state index in [1.807, 2.05) is 12.1 Å². The number of carbonyl (C=O) groups excluding carboxylic acids is 1. The van der Waals surface area contributed by atoms with Gasteiger partial charge >= 0.3 is 5.97 Å². The highest BCUT2D eigenvalue weighted by Gasteiger charge is 2.23. The van der Waals surface area contributed by atoms with Crippen LogP contribution in [0.25, 0.3) is 0 Å². The number of anilines is 3. The summed E-state index contributed by atoms with van der Waals surface area (Å²) in [6.45, 7) is 3.10. The predicted molar refractivity (Wildman–Crippen MR) is 126 cm³/mol. The lowest BCUT2D eigenvalue weighted by Gasteiger charge is -2.21. The van der Waals surface area contributed by atoms with Gasteiger partial charge in [-0.3, -0.25) is 9.35 Å². The van der Waals surface area contributed by atoms with Gasteiger partial charge in [0.1, 0.15) is 5.00 Å². The summed E-state index contributed by atoms with van der Waals surface area (Å²) in [6, 6.07) is 14.1. The maximum atomic E-state index is 12.3. The molecule has 0 radical (unpaired) electrons. The van der Waals surface area contributed by atoms with Crippen LogP contribution in [0.1, 0.15) is 40.5 Å². The zero-order valence-electron chi connectivity index (χ0n) is 17.6. The number of nitrogens with zero attached hydrogens (tertiary/aromatic N) is 2. The zero-order chi connectivity index (χ0) is 23.3. The summed E-state index contributed by atoms with van der Waals surface area (Å²) in [7, 11) is 0. The van der Waals surface area contributed by atoms with Crippen molar-refractivity contribution in [1.29, 1.82) is 0 Å². The highest BCUT2D eigenvalue weighted by atomic mass is 32.2. The van der Waals surface area contributed by atoms with Gasteiger partial charge in [0.05, 0.1) is 16.9 Å². The third kappa shape index (κ3) is 5.78. The van der Waals surface area contributed by atoms with Gasteiger partial charge in [-0.15, -0.1) is 0 Å². The molecule has 1 atom stereocenters. The number of benzene rings is 2. The minimum absolute atomic E-state index is 0.249. The van der Waals surface area contributed by atoms with Crippen LogP contribution in [0.15, 0.2) is 48.5 Å². The molecule has 32 heavy (non-hydrogen) atoms. The number of aromatic carboxylic acids is 1. The molecule has 0 saturated carbocycles. The molecule has 0 aliphatic heterocycles. The second kappa shape index (κ2) is 10.5. The molecular formula is C22H23N3O5S2. The SMILES string of the molecule is CC(=O)Nc1nc(C)c(N(c2ccccc2CCCc2ccc(C(=O)O)cc2)S(=O)O)s1. The van der Waals surface area contributed by atoms with Crippen LogP contribution >= 0.6 is 11.3 Å². The van der Waals surface area contributed by atoms with Crippen molar-refractivity contribution in [2.24, 2.45) is 0 Å². The molecule has 0 fully saturated rings. The molecule has 1 unspecified atom stereocenters. The minimum Gasteiger partial charge on any atom is -0.478 e. The van der Waals surface area contributed by atoms with Crippen molar-refractivity contribution in [3.63, 3.8) is 0 Å². The van der Waals surface area contributed by atoms with E-state index in [1.54, 1.807) is 43.3 Å². The fourth-order valence-corrected chi connectivity index (χ4v) is 5.12. The summed E-state index contributed by atoms with van der Waals surface area (Å²) in [5.41, 5.74) is 3.29. The molecule has 0 aliphatic carbocycles. The van der Waals surface area contributed by atoms with E-state index in [9.17, 15) is 18.4 Å². The van der Waals surface area contributed by atoms with E-state index in [0.29, 0.717) is 27.9 Å². The molecule has 8 nitrogen and oxygen atoms in total. The van der Waals surface area contributed by atoms with Gasteiger partial charge in [0.15, 0.2) is 5.13 Å². The van der Waals surface area contributed by atoms with E-state index in [4.69, 9.17) is 5.11 Å². The topological polar surface area (TPSA) is 120 Å². The van der Waals surface area contributed by atoms with E-state index in [2.05, 4.69) is 10.3 Å². The number of hydrogen-bond acceptors (Lipinski definition) is 5. The van der Waals surface area contributed by atoms with Crippen LogP contribution in [0.5, 0.6) is 0 Å². The Morgan fingerprint density at radius 2 is 1.81 bits per heavy atom. The molecule has 0 spiro atoms. The van der Waals surface area contributed by atoms with Crippen LogP contribution in [-0.4, -0.2) is 30.7 Å². The van der Waals surface area contributed by atoms with Gasteiger partial charge < -0.3 is 10.4 Å². The number of hydrogen-bond donors (Lipinski definition) is 3. The second-order valence-corrected chi connectivity index (χ2v) is 8.90. The fourth-order valence-electron chi connectivity index (χ4n) is 3.26. The number of aromatic nitrogens is 1. The van der Waals surface area contributed by atoms with E-state index in [-0.39, 0.29) is 11.5 Å². The number of thiazole rings is 1. The van der Waals surface area contributed by atoms with Crippen molar-refractivity contribution in [2.45, 2.75) is 33.1 Å². The Labute approximate surface area is 192 Å². The first-order valence-corrected chi connectivity index (χ1v) is 11.7. The largest absolute Gasteiger partial charge is 0.478 e. The maximum absolute atomic E-state index is 12.3. The number of carbonyl (C=O) groups is 2. The van der Waals surface area contributed by atoms with Crippen molar-refractivity contribution in [3.8, 4) is 0 Å². The van der Waals surface area contributed by atoms with Crippen LogP contribution in [-0.2, 0) is 28.9 Å². The summed E-state index contributed by atoms with van der Waals surface area (Å²) in [5.74, 6) is -1.22. The quantitative estimate of drug-likeness (QED) is 0.392. The highest BCUT2D eigenvalue weighted by Crippen LogP contribution is 2.38. The van der Waals surface area contributed by atoms with Crippen molar-refractivity contribution in [1.82, 2.24) is 4.98 Å². The first-order chi connectivity index (χ1) is 15.3. The van der Waals surface area contributed by atoms with Crippen LogP contribution in [0.4, 0.5) is 15.8 Å². The van der Waals surface area contributed by atoms with Crippen LogP contribution in [0.3, 0.4) is 0 Å². The summed E-state index contributed by atoms with van der Waals surface area (Å²) >= 11 is -1.20. The Balaban J connectivity index is 1.80. The van der Waals surface area contributed by atoms with E-state index >= 15 is 0 Å². The molecule has 1 amide bonds. The Bertz CT molecular complexity index is 1140. The molecule has 2 aromatic carbocycles. The van der Waals surface area contributed by atoms with Crippen LogP contribution in [0.2, 0.25) is 0 Å². The van der Waals surface area contributed by atoms with E-state index in [1.165, 1.54) is 11.2 Å². The van der Waals surface area contributed by atoms with Crippen molar-refractivity contribution < 1.29 is 23.5 Å². The lowest BCUT2D eigenvalue weighted by atomic mass is 10.0. The lowest BCUT2D eigenvalue weighted by molar-refractivity contribution is -0.114. The molecule has 3 aromatic rings. The van der Waals surface area contributed by atoms with Gasteiger partial charge in [0.25, 0.3) is 11.3 Å². The molecule has 0 bridgehead atoms. The monoisotopic (exact) mass is 473 g/mol. The summed E-state index contributed by atoms with van der Waals surface area (Å²) in [5, 5.41) is 12.5. The number of amides is 1. The predicted octanol–water partition coefficient (Wildman–Crippen LogP) is 4.56. The van der Waals surface area contributed by atoms with Gasteiger partial charge in [-0.2, -0.15) is 0 Å². The smallest absolute Gasteiger partial charge is 0.335 e. The standard InChI is InChI=1S/C22H23N3O5S2/c1-14-20(31-22(23-14)24-15(2)26)25(32(29)30)19-9-4-3-7-17(19)8-5-6-16-10-12-18(13-11-16)21(27)28/h3-4,7,9-13H,5-6,8H2,1-2H3,(H,27,28)(H,29,30)(H,23,24,26). The zero-order valence-corrected chi connectivity index (χ0v) is 19.2. The van der Waals surface area contributed by atoms with Crippen molar-refractivity contribution >= 4 is 50.3 Å². The van der Waals surface area contributed by atoms with Gasteiger partial charge in [-0.05, 0) is 55.5 Å². The Hall–Kier alpha value is -3.08. The van der Waals surface area contributed by atoms with Crippen molar-refractivity contribution in [2.75, 3.05) is 9.62 Å². The fraction of sp³-hybridized carbons (Fsp3) is 0.227. The first kappa shape index (κ1) is 23.6. The molecule has 3 rings (SSSR count). The molecule has 1 aromatic heterocycles. The average Bonchev–Trinajstić information content (AvgIpc) is 3.08. The van der Waals surface area contributed by atoms with E-state index in [0.717, 1.165) is 35.3 Å². The third-order valence-electron chi connectivity index (χ3n) is 4.72. The van der Waals surface area contributed by atoms with E-state index < -0.39 is 17.2 Å². The molecular weight excluding hydrogens is 450 g/mol. The van der Waals surface area contributed by atoms with Gasteiger partial charge in [0.2, 0.25) is 5.91 Å². The molecule has 10 heteroatoms. The lowest BCUT2D eigenvalue weighted by Crippen LogP contribution is -2.20. The van der Waals surface area contributed by atoms with Gasteiger partial charge in [0, 0.05) is 6.92 Å². The molecule has 0 saturated heterocycles. The summed E-state index contributed by atoms with van der Waals surface area (Å²) in [6.07, 6.45) is 2.16. The number of aryl methyl sites for hydroxylation is 3. The van der Waals surface area contributed by atoms with Crippen molar-refractivity contribution in [3.05, 3.63) is 70.9 Å². The number of carboxylic acids is 1. The second-order valence-electron chi connectivity index (χ2n) is 7.10. The molecule has 168 valence electrons. The van der Waals surface area contributed by atoms with Crippen LogP contribution in [0, 0.1) is 6.92 Å². The first-order valence-electron chi connectivity index (χ1n) is 9.82. The average molecular weight is 474 g/mol. The Morgan fingerprint density at radius 1 is 1.12 bits per heavy atom. The highest BCUT2D eigenvalue weighted by molar-refractivity contribution is 7.81. The summed E-state index contributed by atoms with van der Waals surface area (Å²) in [4.78, 5) is 26.6. The number of rotatable bonds is 9. The summed E-state index contributed by atoms with van der Waals surface area (Å²) < 4.78 is 23.7. The number of nitrogens with one attached hydrogen (secondary N) is 1. The van der Waals surface area contributed by atoms with Gasteiger partial charge in [-0.25, -0.2) is 18.3 Å². The Kier molecular flexibility index (Phi) is 7.73. The maximum Gasteiger partial charge on any atom is 0.335 e. The number of carboxylic acid groups (broad SMARTS) is 1. The minimum atomic E-state index is -2.34.